The van der Waals surface area contributed by atoms with Gasteiger partial charge in [0.1, 0.15) is 0 Å². The summed E-state index contributed by atoms with van der Waals surface area (Å²) in [5.74, 6) is 2.47. The fourth-order valence-electron chi connectivity index (χ4n) is 4.44. The first-order chi connectivity index (χ1) is 13.2. The lowest BCUT2D eigenvalue weighted by Gasteiger charge is -2.39. The van der Waals surface area contributed by atoms with E-state index in [0.717, 1.165) is 55.9 Å². The number of hydrogen-bond donors (Lipinski definition) is 0. The Kier molecular flexibility index (Phi) is 5.91. The molecule has 0 saturated carbocycles. The average molecular weight is 370 g/mol. The Morgan fingerprint density at radius 2 is 1.70 bits per heavy atom. The molecule has 0 spiro atoms. The van der Waals surface area contributed by atoms with Crippen LogP contribution in [0.25, 0.3) is 11.3 Å². The van der Waals surface area contributed by atoms with Gasteiger partial charge in [-0.2, -0.15) is 0 Å². The summed E-state index contributed by atoms with van der Waals surface area (Å²) in [6.07, 6.45) is 5.08. The van der Waals surface area contributed by atoms with Crippen molar-refractivity contribution in [1.29, 1.82) is 0 Å². The molecule has 2 aromatic rings. The van der Waals surface area contributed by atoms with Crippen LogP contribution in [0.1, 0.15) is 32.6 Å². The minimum absolute atomic E-state index is 0.359. The molecular weight excluding hydrogens is 338 g/mol. The van der Waals surface area contributed by atoms with Gasteiger partial charge in [0, 0.05) is 25.2 Å². The standard InChI is InChI=1S/C22H31N3O2/c1-17-13-25(14-18(2)26-17)15-19-8-10-24(11-9-19)16-22-23-12-21(27-22)20-6-4-3-5-7-20/h3-7,12,17-19H,8-11,13-16H2,1-2H3. The Labute approximate surface area is 162 Å². The van der Waals surface area contributed by atoms with E-state index in [9.17, 15) is 0 Å². The molecule has 4 rings (SSSR count). The van der Waals surface area contributed by atoms with Crippen molar-refractivity contribution in [3.63, 3.8) is 0 Å². The van der Waals surface area contributed by atoms with E-state index in [1.807, 2.05) is 24.4 Å². The maximum absolute atomic E-state index is 5.97. The number of hydrogen-bond acceptors (Lipinski definition) is 5. The molecule has 2 aliphatic heterocycles. The molecule has 2 aliphatic rings. The third kappa shape index (κ3) is 4.98. The van der Waals surface area contributed by atoms with Crippen LogP contribution < -0.4 is 0 Å². The fraction of sp³-hybridized carbons (Fsp3) is 0.591. The zero-order chi connectivity index (χ0) is 18.6. The summed E-state index contributed by atoms with van der Waals surface area (Å²) in [4.78, 5) is 9.56. The number of piperidine rings is 1. The molecule has 5 heteroatoms. The molecule has 1 aromatic heterocycles. The van der Waals surface area contributed by atoms with E-state index in [1.165, 1.54) is 19.4 Å². The lowest BCUT2D eigenvalue weighted by Crippen LogP contribution is -2.48. The maximum atomic E-state index is 5.97. The van der Waals surface area contributed by atoms with E-state index in [-0.39, 0.29) is 0 Å². The van der Waals surface area contributed by atoms with Crippen LogP contribution in [-0.4, -0.2) is 59.7 Å². The van der Waals surface area contributed by atoms with E-state index < -0.39 is 0 Å². The van der Waals surface area contributed by atoms with Crippen LogP contribution in [0.4, 0.5) is 0 Å². The van der Waals surface area contributed by atoms with Crippen molar-refractivity contribution in [3.05, 3.63) is 42.4 Å². The van der Waals surface area contributed by atoms with Gasteiger partial charge < -0.3 is 9.15 Å². The zero-order valence-corrected chi connectivity index (χ0v) is 16.5. The van der Waals surface area contributed by atoms with Crippen molar-refractivity contribution in [3.8, 4) is 11.3 Å². The Morgan fingerprint density at radius 3 is 2.41 bits per heavy atom. The van der Waals surface area contributed by atoms with Crippen molar-refractivity contribution in [2.75, 3.05) is 32.7 Å². The van der Waals surface area contributed by atoms with Crippen molar-refractivity contribution in [1.82, 2.24) is 14.8 Å². The quantitative estimate of drug-likeness (QED) is 0.804. The molecule has 0 aliphatic carbocycles. The second kappa shape index (κ2) is 8.55. The van der Waals surface area contributed by atoms with E-state index in [1.54, 1.807) is 0 Å². The van der Waals surface area contributed by atoms with Crippen molar-refractivity contribution in [2.24, 2.45) is 5.92 Å². The monoisotopic (exact) mass is 369 g/mol. The summed E-state index contributed by atoms with van der Waals surface area (Å²) >= 11 is 0. The topological polar surface area (TPSA) is 41.7 Å². The summed E-state index contributed by atoms with van der Waals surface area (Å²) < 4.78 is 11.8. The van der Waals surface area contributed by atoms with Gasteiger partial charge in [0.15, 0.2) is 5.76 Å². The summed E-state index contributed by atoms with van der Waals surface area (Å²) in [5, 5.41) is 0. The number of morpholine rings is 1. The predicted molar refractivity (Wildman–Crippen MR) is 106 cm³/mol. The highest BCUT2D eigenvalue weighted by Crippen LogP contribution is 2.24. The first-order valence-corrected chi connectivity index (χ1v) is 10.3. The Hall–Kier alpha value is -1.69. The van der Waals surface area contributed by atoms with E-state index >= 15 is 0 Å². The summed E-state index contributed by atoms with van der Waals surface area (Å²) in [6, 6.07) is 10.2. The second-order valence-electron chi connectivity index (χ2n) is 8.18. The highest BCUT2D eigenvalue weighted by Gasteiger charge is 2.27. The molecule has 27 heavy (non-hydrogen) atoms. The van der Waals surface area contributed by atoms with Gasteiger partial charge in [-0.25, -0.2) is 4.98 Å². The molecule has 2 saturated heterocycles. The number of ether oxygens (including phenoxy) is 1. The summed E-state index contributed by atoms with van der Waals surface area (Å²) in [5.41, 5.74) is 1.09. The molecule has 1 aromatic carbocycles. The number of rotatable bonds is 5. The Bertz CT molecular complexity index is 699. The number of aromatic nitrogens is 1. The highest BCUT2D eigenvalue weighted by molar-refractivity contribution is 5.55. The van der Waals surface area contributed by atoms with E-state index in [0.29, 0.717) is 12.2 Å². The Morgan fingerprint density at radius 1 is 1.00 bits per heavy atom. The van der Waals surface area contributed by atoms with Crippen molar-refractivity contribution < 1.29 is 9.15 Å². The van der Waals surface area contributed by atoms with Gasteiger partial charge in [-0.3, -0.25) is 9.80 Å². The van der Waals surface area contributed by atoms with Gasteiger partial charge in [-0.1, -0.05) is 30.3 Å². The highest BCUT2D eigenvalue weighted by atomic mass is 16.5. The fourth-order valence-corrected chi connectivity index (χ4v) is 4.44. The smallest absolute Gasteiger partial charge is 0.209 e. The van der Waals surface area contributed by atoms with E-state index in [2.05, 4.69) is 40.8 Å². The first kappa shape index (κ1) is 18.7. The normalized spacial score (nSPS) is 25.7. The van der Waals surface area contributed by atoms with Crippen molar-refractivity contribution in [2.45, 2.75) is 45.4 Å². The third-order valence-electron chi connectivity index (χ3n) is 5.69. The van der Waals surface area contributed by atoms with Gasteiger partial charge in [-0.05, 0) is 45.7 Å². The Balaban J connectivity index is 1.25. The van der Waals surface area contributed by atoms with Crippen molar-refractivity contribution >= 4 is 0 Å². The molecular formula is C22H31N3O2. The molecule has 0 radical (unpaired) electrons. The molecule has 5 nitrogen and oxygen atoms in total. The largest absolute Gasteiger partial charge is 0.439 e. The summed E-state index contributed by atoms with van der Waals surface area (Å²) in [6.45, 7) is 10.8. The van der Waals surface area contributed by atoms with Crippen LogP contribution in [-0.2, 0) is 11.3 Å². The van der Waals surface area contributed by atoms with Crippen LogP contribution in [0.15, 0.2) is 40.9 Å². The molecule has 2 unspecified atom stereocenters. The van der Waals surface area contributed by atoms with Gasteiger partial charge in [0.2, 0.25) is 5.89 Å². The average Bonchev–Trinajstić information content (AvgIpc) is 3.12. The molecule has 3 heterocycles. The zero-order valence-electron chi connectivity index (χ0n) is 16.5. The summed E-state index contributed by atoms with van der Waals surface area (Å²) in [7, 11) is 0. The number of nitrogens with zero attached hydrogens (tertiary/aromatic N) is 3. The first-order valence-electron chi connectivity index (χ1n) is 10.3. The minimum Gasteiger partial charge on any atom is -0.439 e. The van der Waals surface area contributed by atoms with E-state index in [4.69, 9.17) is 9.15 Å². The molecule has 146 valence electrons. The van der Waals surface area contributed by atoms with Gasteiger partial charge >= 0.3 is 0 Å². The van der Waals surface area contributed by atoms with Crippen LogP contribution in [0.3, 0.4) is 0 Å². The third-order valence-corrected chi connectivity index (χ3v) is 5.69. The minimum atomic E-state index is 0.359. The van der Waals surface area contributed by atoms with Gasteiger partial charge in [0.25, 0.3) is 0 Å². The SMILES string of the molecule is CC1CN(CC2CCN(Cc3ncc(-c4ccccc4)o3)CC2)CC(C)O1. The van der Waals surface area contributed by atoms with Crippen LogP contribution >= 0.6 is 0 Å². The molecule has 0 N–H and O–H groups in total. The van der Waals surface area contributed by atoms with Gasteiger partial charge in [-0.15, -0.1) is 0 Å². The van der Waals surface area contributed by atoms with Crippen LogP contribution in [0.2, 0.25) is 0 Å². The predicted octanol–water partition coefficient (Wildman–Crippen LogP) is 3.66. The molecule has 0 bridgehead atoms. The van der Waals surface area contributed by atoms with Crippen LogP contribution in [0.5, 0.6) is 0 Å². The molecule has 0 amide bonds. The number of likely N-dealkylation sites (tertiary alicyclic amines) is 1. The van der Waals surface area contributed by atoms with Gasteiger partial charge in [0.05, 0.1) is 24.9 Å². The number of benzene rings is 1. The molecule has 2 atom stereocenters. The lowest BCUT2D eigenvalue weighted by atomic mass is 9.95. The van der Waals surface area contributed by atoms with Crippen LogP contribution in [0, 0.1) is 5.92 Å². The molecule has 2 fully saturated rings. The second-order valence-corrected chi connectivity index (χ2v) is 8.18. The maximum Gasteiger partial charge on any atom is 0.209 e. The number of oxazole rings is 1. The lowest BCUT2D eigenvalue weighted by molar-refractivity contribution is -0.0732.